The summed E-state index contributed by atoms with van der Waals surface area (Å²) in [6.45, 7) is 4.02. The Morgan fingerprint density at radius 3 is 2.71 bits per heavy atom. The van der Waals surface area contributed by atoms with Gasteiger partial charge in [0.2, 0.25) is 5.91 Å². The standard InChI is InChI=1S/C17H23N3O4/c1-17(2)15(22)20(16(23)19-17)9-5-8-14(21)18-13-7-4-6-12(10-13)11-24-3/h4,6-7,10H,5,8-9,11H2,1-3H3,(H,18,21)(H,19,23). The summed E-state index contributed by atoms with van der Waals surface area (Å²) >= 11 is 0. The molecule has 0 aliphatic carbocycles. The van der Waals surface area contributed by atoms with Crippen molar-refractivity contribution in [1.82, 2.24) is 10.2 Å². The minimum absolute atomic E-state index is 0.157. The third-order valence-corrected chi connectivity index (χ3v) is 3.75. The van der Waals surface area contributed by atoms with Crippen LogP contribution in [0.1, 0.15) is 32.3 Å². The fraction of sp³-hybridized carbons (Fsp3) is 0.471. The van der Waals surface area contributed by atoms with Gasteiger partial charge >= 0.3 is 6.03 Å². The maximum atomic E-state index is 12.0. The lowest BCUT2D eigenvalue weighted by molar-refractivity contribution is -0.130. The van der Waals surface area contributed by atoms with Crippen molar-refractivity contribution in [3.8, 4) is 0 Å². The lowest BCUT2D eigenvalue weighted by atomic mass is 10.1. The molecule has 1 aliphatic heterocycles. The number of imide groups is 1. The van der Waals surface area contributed by atoms with Crippen LogP contribution in [0.3, 0.4) is 0 Å². The monoisotopic (exact) mass is 333 g/mol. The number of rotatable bonds is 7. The normalized spacial score (nSPS) is 16.2. The van der Waals surface area contributed by atoms with Gasteiger partial charge in [0, 0.05) is 25.8 Å². The van der Waals surface area contributed by atoms with Crippen molar-refractivity contribution in [3.63, 3.8) is 0 Å². The van der Waals surface area contributed by atoms with Crippen LogP contribution in [0.5, 0.6) is 0 Å². The lowest BCUT2D eigenvalue weighted by Gasteiger charge is -2.15. The van der Waals surface area contributed by atoms with Gasteiger partial charge in [0.15, 0.2) is 0 Å². The molecule has 130 valence electrons. The molecule has 1 heterocycles. The number of nitrogens with zero attached hydrogens (tertiary/aromatic N) is 1. The zero-order chi connectivity index (χ0) is 17.7. The summed E-state index contributed by atoms with van der Waals surface area (Å²) in [5, 5.41) is 5.42. The van der Waals surface area contributed by atoms with E-state index in [4.69, 9.17) is 4.74 Å². The molecule has 0 radical (unpaired) electrons. The largest absolute Gasteiger partial charge is 0.380 e. The Bertz CT molecular complexity index is 642. The van der Waals surface area contributed by atoms with Gasteiger partial charge in [0.05, 0.1) is 6.61 Å². The van der Waals surface area contributed by atoms with E-state index in [0.717, 1.165) is 10.5 Å². The first-order chi connectivity index (χ1) is 11.3. The number of benzene rings is 1. The molecule has 7 heteroatoms. The van der Waals surface area contributed by atoms with Gasteiger partial charge in [-0.05, 0) is 38.0 Å². The van der Waals surface area contributed by atoms with Gasteiger partial charge in [-0.2, -0.15) is 0 Å². The van der Waals surface area contributed by atoms with E-state index in [2.05, 4.69) is 10.6 Å². The predicted molar refractivity (Wildman–Crippen MR) is 89.3 cm³/mol. The quantitative estimate of drug-likeness (QED) is 0.746. The van der Waals surface area contributed by atoms with E-state index in [-0.39, 0.29) is 24.8 Å². The van der Waals surface area contributed by atoms with E-state index in [1.54, 1.807) is 27.0 Å². The van der Waals surface area contributed by atoms with Crippen LogP contribution < -0.4 is 10.6 Å². The molecular formula is C17H23N3O4. The summed E-state index contributed by atoms with van der Waals surface area (Å²) in [4.78, 5) is 36.9. The molecule has 1 aromatic rings. The Morgan fingerprint density at radius 2 is 2.08 bits per heavy atom. The van der Waals surface area contributed by atoms with Crippen molar-refractivity contribution in [2.75, 3.05) is 19.0 Å². The van der Waals surface area contributed by atoms with Crippen LogP contribution in [-0.2, 0) is 20.9 Å². The summed E-state index contributed by atoms with van der Waals surface area (Å²) in [6, 6.07) is 7.01. The molecule has 0 spiro atoms. The fourth-order valence-corrected chi connectivity index (χ4v) is 2.55. The Balaban J connectivity index is 1.81. The van der Waals surface area contributed by atoms with Crippen molar-refractivity contribution >= 4 is 23.5 Å². The van der Waals surface area contributed by atoms with E-state index < -0.39 is 11.6 Å². The molecule has 1 aliphatic rings. The molecule has 0 atom stereocenters. The van der Waals surface area contributed by atoms with Crippen molar-refractivity contribution in [1.29, 1.82) is 0 Å². The van der Waals surface area contributed by atoms with Gasteiger partial charge in [0.1, 0.15) is 5.54 Å². The smallest absolute Gasteiger partial charge is 0.325 e. The zero-order valence-corrected chi connectivity index (χ0v) is 14.2. The molecule has 0 saturated carbocycles. The van der Waals surface area contributed by atoms with E-state index in [9.17, 15) is 14.4 Å². The van der Waals surface area contributed by atoms with Crippen molar-refractivity contribution in [2.24, 2.45) is 0 Å². The Morgan fingerprint density at radius 1 is 1.33 bits per heavy atom. The summed E-state index contributed by atoms with van der Waals surface area (Å²) in [5.41, 5.74) is 0.795. The highest BCUT2D eigenvalue weighted by atomic mass is 16.5. The second-order valence-corrected chi connectivity index (χ2v) is 6.30. The number of nitrogens with one attached hydrogen (secondary N) is 2. The molecule has 7 nitrogen and oxygen atoms in total. The number of carbonyl (C=O) groups excluding carboxylic acids is 3. The van der Waals surface area contributed by atoms with Crippen molar-refractivity contribution in [3.05, 3.63) is 29.8 Å². The SMILES string of the molecule is COCc1cccc(NC(=O)CCCN2C(=O)NC(C)(C)C2=O)c1. The number of urea groups is 1. The number of carbonyl (C=O) groups is 3. The molecule has 2 N–H and O–H groups in total. The lowest BCUT2D eigenvalue weighted by Crippen LogP contribution is -2.40. The average molecular weight is 333 g/mol. The number of hydrogen-bond donors (Lipinski definition) is 2. The summed E-state index contributed by atoms with van der Waals surface area (Å²) in [6.07, 6.45) is 0.644. The highest BCUT2D eigenvalue weighted by Gasteiger charge is 2.43. The maximum Gasteiger partial charge on any atom is 0.325 e. The molecule has 0 unspecified atom stereocenters. The first-order valence-corrected chi connectivity index (χ1v) is 7.85. The van der Waals surface area contributed by atoms with E-state index >= 15 is 0 Å². The molecule has 0 aromatic heterocycles. The molecule has 1 fully saturated rings. The van der Waals surface area contributed by atoms with Gasteiger partial charge in [0.25, 0.3) is 5.91 Å². The van der Waals surface area contributed by atoms with Crippen LogP contribution in [0, 0.1) is 0 Å². The summed E-state index contributed by atoms with van der Waals surface area (Å²) < 4.78 is 5.06. The number of ether oxygens (including phenoxy) is 1. The van der Waals surface area contributed by atoms with Crippen molar-refractivity contribution < 1.29 is 19.1 Å². The zero-order valence-electron chi connectivity index (χ0n) is 14.2. The molecular weight excluding hydrogens is 310 g/mol. The fourth-order valence-electron chi connectivity index (χ4n) is 2.55. The first-order valence-electron chi connectivity index (χ1n) is 7.85. The average Bonchev–Trinajstić information content (AvgIpc) is 2.69. The van der Waals surface area contributed by atoms with Crippen molar-refractivity contribution in [2.45, 2.75) is 38.8 Å². The van der Waals surface area contributed by atoms with Gasteiger partial charge in [-0.15, -0.1) is 0 Å². The molecule has 0 bridgehead atoms. The minimum Gasteiger partial charge on any atom is -0.380 e. The van der Waals surface area contributed by atoms with Crippen LogP contribution in [0.4, 0.5) is 10.5 Å². The second kappa shape index (κ2) is 7.44. The summed E-state index contributed by atoms with van der Waals surface area (Å²) in [5.74, 6) is -0.420. The number of anilines is 1. The van der Waals surface area contributed by atoms with Crippen LogP contribution in [0.2, 0.25) is 0 Å². The summed E-state index contributed by atoms with van der Waals surface area (Å²) in [7, 11) is 1.61. The van der Waals surface area contributed by atoms with E-state index in [1.165, 1.54) is 0 Å². The number of methoxy groups -OCH3 is 1. The highest BCUT2D eigenvalue weighted by molar-refractivity contribution is 6.06. The molecule has 4 amide bonds. The predicted octanol–water partition coefficient (Wildman–Crippen LogP) is 1.88. The third-order valence-electron chi connectivity index (χ3n) is 3.75. The first kappa shape index (κ1) is 17.9. The van der Waals surface area contributed by atoms with Crippen LogP contribution in [0.15, 0.2) is 24.3 Å². The van der Waals surface area contributed by atoms with Gasteiger partial charge in [-0.1, -0.05) is 12.1 Å². The van der Waals surface area contributed by atoms with E-state index in [1.807, 2.05) is 18.2 Å². The Hall–Kier alpha value is -2.41. The van der Waals surface area contributed by atoms with Gasteiger partial charge in [-0.3, -0.25) is 14.5 Å². The highest BCUT2D eigenvalue weighted by Crippen LogP contribution is 2.17. The van der Waals surface area contributed by atoms with E-state index in [0.29, 0.717) is 18.7 Å². The molecule has 1 saturated heterocycles. The molecule has 1 aromatic carbocycles. The topological polar surface area (TPSA) is 87.7 Å². The maximum absolute atomic E-state index is 12.0. The van der Waals surface area contributed by atoms with Gasteiger partial charge < -0.3 is 15.4 Å². The van der Waals surface area contributed by atoms with Crippen LogP contribution in [-0.4, -0.2) is 41.9 Å². The van der Waals surface area contributed by atoms with Gasteiger partial charge in [-0.25, -0.2) is 4.79 Å². The Kier molecular flexibility index (Phi) is 5.56. The third kappa shape index (κ3) is 4.32. The molecule has 24 heavy (non-hydrogen) atoms. The number of hydrogen-bond acceptors (Lipinski definition) is 4. The molecule has 2 rings (SSSR count). The second-order valence-electron chi connectivity index (χ2n) is 6.30. The van der Waals surface area contributed by atoms with Crippen LogP contribution in [0.25, 0.3) is 0 Å². The Labute approximate surface area is 141 Å². The number of amides is 4. The minimum atomic E-state index is -0.874. The van der Waals surface area contributed by atoms with Crippen LogP contribution >= 0.6 is 0 Å².